The van der Waals surface area contributed by atoms with E-state index in [1.54, 1.807) is 6.92 Å². The third-order valence-corrected chi connectivity index (χ3v) is 8.50. The summed E-state index contributed by atoms with van der Waals surface area (Å²) in [6.45, 7) is 5.07. The van der Waals surface area contributed by atoms with Crippen molar-refractivity contribution in [2.75, 3.05) is 31.6 Å². The van der Waals surface area contributed by atoms with E-state index < -0.39 is 29.2 Å². The van der Waals surface area contributed by atoms with E-state index >= 15 is 0 Å². The molecule has 1 aliphatic heterocycles. The number of carbonyl (C=O) groups excluding carboxylic acids is 2. The van der Waals surface area contributed by atoms with Crippen LogP contribution in [0.15, 0.2) is 36.4 Å². The lowest BCUT2D eigenvalue weighted by molar-refractivity contribution is -0.162. The third-order valence-electron chi connectivity index (χ3n) is 8.50. The van der Waals surface area contributed by atoms with Crippen LogP contribution in [0.3, 0.4) is 0 Å². The minimum atomic E-state index is -4.91. The molecule has 2 aliphatic rings. The van der Waals surface area contributed by atoms with Gasteiger partial charge in [-0.05, 0) is 75.1 Å². The molecule has 1 N–H and O–H groups in total. The molecule has 1 saturated carbocycles. The average molecular weight is 662 g/mol. The first-order valence-corrected chi connectivity index (χ1v) is 15.9. The standard InChI is InChI=1S/C33H39F4N5O5/c1-3-41(16-6-18-46-27-7-4-5-17-45-27)32(44)28-30(38-20-43)40-31(42(28)19-22-9-11-23(34)12-10-22)24-13-15-26(39-29(24)33(35,36)37)47-25-14-8-21(25)2/h9-13,15,20-21,25,27H,3-8,14,16-19H2,1-2H3,(H,38,43). The average Bonchev–Trinajstić information content (AvgIpc) is 3.41. The van der Waals surface area contributed by atoms with E-state index in [9.17, 15) is 27.2 Å². The zero-order valence-electron chi connectivity index (χ0n) is 26.4. The van der Waals surface area contributed by atoms with Gasteiger partial charge in [0, 0.05) is 37.9 Å². The number of ether oxygens (including phenoxy) is 3. The highest BCUT2D eigenvalue weighted by Crippen LogP contribution is 2.39. The number of pyridine rings is 1. The van der Waals surface area contributed by atoms with Crippen LogP contribution in [0.25, 0.3) is 11.4 Å². The number of halogens is 4. The van der Waals surface area contributed by atoms with Crippen molar-refractivity contribution < 1.29 is 41.4 Å². The monoisotopic (exact) mass is 661 g/mol. The summed E-state index contributed by atoms with van der Waals surface area (Å²) in [5.74, 6) is -1.51. The van der Waals surface area contributed by atoms with Gasteiger partial charge in [-0.25, -0.2) is 14.4 Å². The molecule has 10 nitrogen and oxygen atoms in total. The minimum absolute atomic E-state index is 0.133. The summed E-state index contributed by atoms with van der Waals surface area (Å²) in [5, 5.41) is 2.40. The van der Waals surface area contributed by atoms with Crippen LogP contribution < -0.4 is 10.1 Å². The number of aromatic nitrogens is 3. The Morgan fingerprint density at radius 2 is 1.91 bits per heavy atom. The van der Waals surface area contributed by atoms with Crippen LogP contribution in [0.2, 0.25) is 0 Å². The summed E-state index contributed by atoms with van der Waals surface area (Å²) in [7, 11) is 0. The highest BCUT2D eigenvalue weighted by atomic mass is 19.4. The molecule has 0 bridgehead atoms. The van der Waals surface area contributed by atoms with Crippen LogP contribution in [0.1, 0.15) is 74.1 Å². The number of amides is 2. The molecule has 3 unspecified atom stereocenters. The smallest absolute Gasteiger partial charge is 0.434 e. The lowest BCUT2D eigenvalue weighted by Gasteiger charge is -2.33. The minimum Gasteiger partial charge on any atom is -0.474 e. The van der Waals surface area contributed by atoms with Crippen molar-refractivity contribution in [1.29, 1.82) is 0 Å². The van der Waals surface area contributed by atoms with Crippen LogP contribution in [0.4, 0.5) is 23.4 Å². The number of alkyl halides is 3. The first-order valence-electron chi connectivity index (χ1n) is 15.9. The molecule has 3 heterocycles. The van der Waals surface area contributed by atoms with E-state index in [1.165, 1.54) is 45.9 Å². The molecular formula is C33H39F4N5O5. The van der Waals surface area contributed by atoms with Crippen LogP contribution >= 0.6 is 0 Å². The second kappa shape index (κ2) is 15.2. The molecule has 1 aromatic carbocycles. The van der Waals surface area contributed by atoms with Gasteiger partial charge in [0.25, 0.3) is 5.91 Å². The van der Waals surface area contributed by atoms with Gasteiger partial charge >= 0.3 is 6.18 Å². The Morgan fingerprint density at radius 3 is 2.53 bits per heavy atom. The van der Waals surface area contributed by atoms with Crippen molar-refractivity contribution in [3.05, 3.63) is 59.2 Å². The van der Waals surface area contributed by atoms with Gasteiger partial charge in [0.15, 0.2) is 23.5 Å². The van der Waals surface area contributed by atoms with Crippen molar-refractivity contribution in [2.24, 2.45) is 5.92 Å². The molecule has 3 atom stereocenters. The van der Waals surface area contributed by atoms with Crippen LogP contribution in [0, 0.1) is 11.7 Å². The van der Waals surface area contributed by atoms with E-state index in [1.807, 2.05) is 6.92 Å². The van der Waals surface area contributed by atoms with Gasteiger partial charge in [-0.3, -0.25) is 9.59 Å². The number of anilines is 1. The van der Waals surface area contributed by atoms with E-state index in [0.29, 0.717) is 38.0 Å². The highest BCUT2D eigenvalue weighted by molar-refractivity contribution is 6.00. The van der Waals surface area contributed by atoms with E-state index in [-0.39, 0.29) is 61.2 Å². The highest BCUT2D eigenvalue weighted by Gasteiger charge is 2.39. The van der Waals surface area contributed by atoms with E-state index in [2.05, 4.69) is 15.3 Å². The predicted molar refractivity (Wildman–Crippen MR) is 164 cm³/mol. The predicted octanol–water partition coefficient (Wildman–Crippen LogP) is 6.29. The topological polar surface area (TPSA) is 108 Å². The summed E-state index contributed by atoms with van der Waals surface area (Å²) in [6.07, 6.45) is -0.233. The molecule has 2 amide bonds. The lowest BCUT2D eigenvalue weighted by Crippen LogP contribution is -2.35. The van der Waals surface area contributed by atoms with Crippen molar-refractivity contribution in [3.8, 4) is 17.3 Å². The maximum Gasteiger partial charge on any atom is 0.434 e. The number of rotatable bonds is 14. The Bertz CT molecular complexity index is 1520. The molecule has 2 fully saturated rings. The molecule has 5 rings (SSSR count). The van der Waals surface area contributed by atoms with Crippen molar-refractivity contribution >= 4 is 18.1 Å². The molecule has 14 heteroatoms. The van der Waals surface area contributed by atoms with Gasteiger partial charge in [0.1, 0.15) is 17.7 Å². The Hall–Kier alpha value is -4.04. The normalized spacial score (nSPS) is 19.6. The van der Waals surface area contributed by atoms with E-state index in [4.69, 9.17) is 14.2 Å². The maximum absolute atomic E-state index is 14.6. The fourth-order valence-corrected chi connectivity index (χ4v) is 5.69. The van der Waals surface area contributed by atoms with Gasteiger partial charge in [-0.1, -0.05) is 19.1 Å². The number of hydrogen-bond donors (Lipinski definition) is 1. The second-order valence-electron chi connectivity index (χ2n) is 11.8. The Balaban J connectivity index is 1.52. The number of imidazole rings is 1. The molecular weight excluding hydrogens is 622 g/mol. The molecule has 0 radical (unpaired) electrons. The summed E-state index contributed by atoms with van der Waals surface area (Å²) in [6, 6.07) is 7.89. The van der Waals surface area contributed by atoms with Crippen molar-refractivity contribution in [2.45, 2.75) is 77.5 Å². The Kier molecular flexibility index (Phi) is 11.1. The number of nitrogens with zero attached hydrogens (tertiary/aromatic N) is 4. The SMILES string of the molecule is CCN(CCCOC1CCCCO1)C(=O)c1c(NC=O)nc(-c2ccc(OC3CCC3C)nc2C(F)(F)F)n1Cc1ccc(F)cc1. The molecule has 47 heavy (non-hydrogen) atoms. The number of benzene rings is 1. The van der Waals surface area contributed by atoms with Gasteiger partial charge in [-0.2, -0.15) is 13.2 Å². The van der Waals surface area contributed by atoms with Crippen molar-refractivity contribution in [1.82, 2.24) is 19.4 Å². The molecule has 1 aliphatic carbocycles. The molecule has 3 aromatic rings. The molecule has 2 aromatic heterocycles. The van der Waals surface area contributed by atoms with E-state index in [0.717, 1.165) is 25.7 Å². The first-order chi connectivity index (χ1) is 22.6. The lowest BCUT2D eigenvalue weighted by atomic mass is 9.84. The van der Waals surface area contributed by atoms with Crippen LogP contribution in [0.5, 0.6) is 5.88 Å². The van der Waals surface area contributed by atoms with Gasteiger partial charge in [0.05, 0.1) is 6.61 Å². The summed E-state index contributed by atoms with van der Waals surface area (Å²) in [4.78, 5) is 35.5. The number of hydrogen-bond acceptors (Lipinski definition) is 7. The third kappa shape index (κ3) is 8.28. The number of carbonyl (C=O) groups is 2. The fraction of sp³-hybridized carbons (Fsp3) is 0.515. The molecule has 0 spiro atoms. The van der Waals surface area contributed by atoms with Crippen LogP contribution in [-0.2, 0) is 27.0 Å². The Morgan fingerprint density at radius 1 is 1.13 bits per heavy atom. The number of nitrogens with one attached hydrogen (secondary N) is 1. The largest absolute Gasteiger partial charge is 0.474 e. The zero-order chi connectivity index (χ0) is 33.6. The summed E-state index contributed by atoms with van der Waals surface area (Å²) < 4.78 is 75.9. The van der Waals surface area contributed by atoms with Gasteiger partial charge in [0.2, 0.25) is 12.3 Å². The second-order valence-corrected chi connectivity index (χ2v) is 11.8. The summed E-state index contributed by atoms with van der Waals surface area (Å²) >= 11 is 0. The van der Waals surface area contributed by atoms with Crippen molar-refractivity contribution in [3.63, 3.8) is 0 Å². The zero-order valence-corrected chi connectivity index (χ0v) is 26.4. The molecule has 1 saturated heterocycles. The quantitative estimate of drug-likeness (QED) is 0.123. The summed E-state index contributed by atoms with van der Waals surface area (Å²) in [5.41, 5.74) is -1.31. The van der Waals surface area contributed by atoms with Gasteiger partial charge in [-0.15, -0.1) is 0 Å². The van der Waals surface area contributed by atoms with Gasteiger partial charge < -0.3 is 29.0 Å². The maximum atomic E-state index is 14.6. The molecule has 254 valence electrons. The first kappa shape index (κ1) is 34.3. The Labute approximate surface area is 270 Å². The fourth-order valence-electron chi connectivity index (χ4n) is 5.69. The van der Waals surface area contributed by atoms with Crippen LogP contribution in [-0.4, -0.2) is 70.4 Å².